The minimum atomic E-state index is -3.34. The van der Waals surface area contributed by atoms with E-state index in [9.17, 15) is 0 Å². The van der Waals surface area contributed by atoms with E-state index < -0.39 is 8.07 Å². The van der Waals surface area contributed by atoms with Crippen LogP contribution in [0.5, 0.6) is 0 Å². The van der Waals surface area contributed by atoms with Crippen LogP contribution in [0.1, 0.15) is 0 Å². The van der Waals surface area contributed by atoms with Gasteiger partial charge in [0.2, 0.25) is 8.07 Å². The van der Waals surface area contributed by atoms with Crippen LogP contribution in [0.4, 0.5) is 0 Å². The van der Waals surface area contributed by atoms with Gasteiger partial charge in [0, 0.05) is 77.5 Å². The Kier molecular flexibility index (Phi) is 7.77. The molecule has 0 radical (unpaired) electrons. The summed E-state index contributed by atoms with van der Waals surface area (Å²) < 4.78 is 22.8. The van der Waals surface area contributed by atoms with Crippen molar-refractivity contribution in [1.29, 1.82) is 0 Å². The monoisotopic (exact) mass is 867 g/mol. The maximum absolute atomic E-state index is 7.39. The molecular formula is C57H33N3O3SSi. The fraction of sp³-hybridized carbons (Fsp3) is 0. The Bertz CT molecular complexity index is 3940. The highest BCUT2D eigenvalue weighted by Gasteiger charge is 2.47. The second kappa shape index (κ2) is 13.9. The van der Waals surface area contributed by atoms with Crippen molar-refractivity contribution >= 4 is 126 Å². The molecule has 7 aromatic carbocycles. The van der Waals surface area contributed by atoms with Crippen LogP contribution in [0.3, 0.4) is 0 Å². The van der Waals surface area contributed by atoms with Crippen LogP contribution >= 0.6 is 11.3 Å². The van der Waals surface area contributed by atoms with Gasteiger partial charge in [0.1, 0.15) is 33.7 Å². The summed E-state index contributed by atoms with van der Waals surface area (Å²) >= 11 is 1.79. The highest BCUT2D eigenvalue weighted by Crippen LogP contribution is 2.44. The average molecular weight is 868 g/mol. The van der Waals surface area contributed by atoms with Crippen molar-refractivity contribution in [3.63, 3.8) is 0 Å². The summed E-state index contributed by atoms with van der Waals surface area (Å²) in [5.41, 5.74) is 8.31. The van der Waals surface area contributed by atoms with Gasteiger partial charge in [0.25, 0.3) is 0 Å². The second-order valence-electron chi connectivity index (χ2n) is 16.5. The molecule has 14 rings (SSSR count). The van der Waals surface area contributed by atoms with E-state index in [1.165, 1.54) is 10.4 Å². The molecule has 65 heavy (non-hydrogen) atoms. The summed E-state index contributed by atoms with van der Waals surface area (Å²) in [6.45, 7) is 0. The summed E-state index contributed by atoms with van der Waals surface area (Å²) in [4.78, 5) is 15.5. The number of hydrogen-bond acceptors (Lipinski definition) is 7. The molecule has 0 atom stereocenters. The van der Waals surface area contributed by atoms with Crippen molar-refractivity contribution in [3.05, 3.63) is 201 Å². The van der Waals surface area contributed by atoms with E-state index in [4.69, 9.17) is 28.2 Å². The average Bonchev–Trinajstić information content (AvgIpc) is 4.16. The number of benzene rings is 7. The summed E-state index contributed by atoms with van der Waals surface area (Å²) in [6.07, 6.45) is 5.76. The van der Waals surface area contributed by atoms with Gasteiger partial charge in [-0.25, -0.2) is 0 Å². The number of para-hydroxylation sites is 4. The van der Waals surface area contributed by atoms with E-state index in [0.29, 0.717) is 0 Å². The molecule has 6 nitrogen and oxygen atoms in total. The third-order valence-electron chi connectivity index (χ3n) is 13.2. The third kappa shape index (κ3) is 5.12. The largest absolute Gasteiger partial charge is 0.455 e. The van der Waals surface area contributed by atoms with Crippen LogP contribution in [-0.2, 0) is 0 Å². The molecule has 304 valence electrons. The first-order valence-corrected chi connectivity index (χ1v) is 24.5. The lowest BCUT2D eigenvalue weighted by atomic mass is 10.0. The van der Waals surface area contributed by atoms with Crippen LogP contribution in [0.25, 0.3) is 109 Å². The van der Waals surface area contributed by atoms with Crippen LogP contribution in [-0.4, -0.2) is 23.0 Å². The molecule has 0 spiro atoms. The Morgan fingerprint density at radius 1 is 0.338 bits per heavy atom. The van der Waals surface area contributed by atoms with Gasteiger partial charge in [-0.1, -0.05) is 146 Å². The topological polar surface area (TPSA) is 78.1 Å². The van der Waals surface area contributed by atoms with E-state index in [2.05, 4.69) is 146 Å². The molecule has 0 N–H and O–H groups in total. The predicted molar refractivity (Wildman–Crippen MR) is 269 cm³/mol. The van der Waals surface area contributed by atoms with Gasteiger partial charge in [0.15, 0.2) is 11.2 Å². The Morgan fingerprint density at radius 3 is 1.48 bits per heavy atom. The molecule has 0 aliphatic heterocycles. The van der Waals surface area contributed by atoms with Crippen LogP contribution in [0.15, 0.2) is 214 Å². The maximum Gasteiger partial charge on any atom is 0.207 e. The lowest BCUT2D eigenvalue weighted by Crippen LogP contribution is -2.75. The molecule has 0 fully saturated rings. The fourth-order valence-electron chi connectivity index (χ4n) is 10.4. The number of fused-ring (bicyclic) bond motifs is 12. The van der Waals surface area contributed by atoms with Gasteiger partial charge >= 0.3 is 0 Å². The molecule has 0 saturated carbocycles. The smallest absolute Gasteiger partial charge is 0.207 e. The van der Waals surface area contributed by atoms with Crippen molar-refractivity contribution in [2.24, 2.45) is 0 Å². The molecule has 7 aromatic heterocycles. The zero-order chi connectivity index (χ0) is 42.6. The lowest BCUT2D eigenvalue weighted by molar-refractivity contribution is 0.664. The predicted octanol–water partition coefficient (Wildman–Crippen LogP) is 12.6. The zero-order valence-electron chi connectivity index (χ0n) is 34.5. The van der Waals surface area contributed by atoms with E-state index in [-0.39, 0.29) is 0 Å². The quantitative estimate of drug-likeness (QED) is 0.122. The molecule has 7 heterocycles. The van der Waals surface area contributed by atoms with Crippen molar-refractivity contribution in [3.8, 4) is 22.5 Å². The SMILES string of the molecule is c1ccc([Si](c2ccccc2)(c2cccc3c2oc2c(-c4nccc5c4oc4ccccc45)cccc23)c2nccc3c2sc2c(-c4nccc5c4oc4ccccc45)cccc23)cc1. The molecule has 14 aromatic rings. The van der Waals surface area contributed by atoms with E-state index >= 15 is 0 Å². The third-order valence-corrected chi connectivity index (χ3v) is 19.3. The van der Waals surface area contributed by atoms with Gasteiger partial charge in [-0.05, 0) is 52.0 Å². The molecule has 0 amide bonds. The standard InChI is InChI=1S/C57H33N3O3SSi/c1-3-14-34(15-4-1)65(35-16-5-2-6-17-35,48-27-13-21-39-38-20-11-23-44(51(38)63-52(39)48)49-53-40(28-31-58-49)36-18-7-9-25-46(36)61-53)57-56-43(30-33-60-57)42-22-12-24-45(55(42)64-56)50-54-41(29-32-59-50)37-19-8-10-26-47(37)62-54/h1-33H. The van der Waals surface area contributed by atoms with E-state index in [0.717, 1.165) is 119 Å². The number of aromatic nitrogens is 3. The lowest BCUT2D eigenvalue weighted by Gasteiger charge is -2.33. The van der Waals surface area contributed by atoms with Gasteiger partial charge in [-0.3, -0.25) is 15.0 Å². The summed E-state index contributed by atoms with van der Waals surface area (Å²) in [5.74, 6) is 0. The molecule has 0 unspecified atom stereocenters. The number of nitrogens with zero attached hydrogens (tertiary/aromatic N) is 3. The van der Waals surface area contributed by atoms with Crippen LogP contribution in [0.2, 0.25) is 0 Å². The number of pyridine rings is 3. The van der Waals surface area contributed by atoms with Crippen molar-refractivity contribution in [2.75, 3.05) is 0 Å². The Hall–Kier alpha value is -8.17. The number of rotatable bonds is 6. The first-order valence-electron chi connectivity index (χ1n) is 21.7. The number of furan rings is 3. The van der Waals surface area contributed by atoms with Gasteiger partial charge in [0.05, 0.1) is 10.0 Å². The molecule has 0 bridgehead atoms. The zero-order valence-corrected chi connectivity index (χ0v) is 36.3. The summed E-state index contributed by atoms with van der Waals surface area (Å²) in [7, 11) is -3.34. The molecular weight excluding hydrogens is 835 g/mol. The molecule has 8 heteroatoms. The molecule has 0 aliphatic rings. The van der Waals surface area contributed by atoms with Gasteiger partial charge in [-0.2, -0.15) is 0 Å². The van der Waals surface area contributed by atoms with Crippen molar-refractivity contribution in [2.45, 2.75) is 0 Å². The minimum Gasteiger partial charge on any atom is -0.455 e. The molecule has 0 saturated heterocycles. The number of thiophene rings is 1. The second-order valence-corrected chi connectivity index (χ2v) is 21.2. The number of hydrogen-bond donors (Lipinski definition) is 0. The highest BCUT2D eigenvalue weighted by atomic mass is 32.1. The minimum absolute atomic E-state index is 0.742. The van der Waals surface area contributed by atoms with Crippen molar-refractivity contribution < 1.29 is 13.3 Å². The van der Waals surface area contributed by atoms with Crippen LogP contribution in [0, 0.1) is 0 Å². The summed E-state index contributed by atoms with van der Waals surface area (Å²) in [6, 6.07) is 64.1. The first-order chi connectivity index (χ1) is 32.3. The fourth-order valence-corrected chi connectivity index (χ4v) is 17.0. The molecule has 0 aliphatic carbocycles. The maximum atomic E-state index is 7.39. The first kappa shape index (κ1) is 36.3. The van der Waals surface area contributed by atoms with E-state index in [1.54, 1.807) is 11.3 Å². The Labute approximate surface area is 375 Å². The van der Waals surface area contributed by atoms with E-state index in [1.807, 2.05) is 55.0 Å². The Morgan fingerprint density at radius 2 is 0.815 bits per heavy atom. The van der Waals surface area contributed by atoms with Crippen LogP contribution < -0.4 is 20.9 Å². The summed E-state index contributed by atoms with van der Waals surface area (Å²) in [5, 5.41) is 13.2. The van der Waals surface area contributed by atoms with Gasteiger partial charge < -0.3 is 13.3 Å². The van der Waals surface area contributed by atoms with Gasteiger partial charge in [-0.15, -0.1) is 11.3 Å². The normalized spacial score (nSPS) is 12.3. The van der Waals surface area contributed by atoms with Crippen molar-refractivity contribution in [1.82, 2.24) is 15.0 Å². The highest BCUT2D eigenvalue weighted by molar-refractivity contribution is 7.31. The Balaban J connectivity index is 1.07.